The first kappa shape index (κ1) is 14.3. The van der Waals surface area contributed by atoms with Crippen LogP contribution in [0.15, 0.2) is 29.6 Å². The maximum Gasteiger partial charge on any atom is 0.123 e. The number of nitrogens with zero attached hydrogens (tertiary/aromatic N) is 3. The number of aryl methyl sites for hydroxylation is 1. The molecule has 4 nitrogen and oxygen atoms in total. The lowest BCUT2D eigenvalue weighted by molar-refractivity contribution is -0.0330. The van der Waals surface area contributed by atoms with E-state index in [0.29, 0.717) is 0 Å². The fraction of sp³-hybridized carbons (Fsp3) is 0.375. The van der Waals surface area contributed by atoms with Crippen LogP contribution in [0.1, 0.15) is 21.8 Å². The molecule has 1 fully saturated rings. The predicted octanol–water partition coefficient (Wildman–Crippen LogP) is 3.63. The summed E-state index contributed by atoms with van der Waals surface area (Å²) >= 11 is 3.48. The molecule has 0 bridgehead atoms. The lowest BCUT2D eigenvalue weighted by Crippen LogP contribution is -2.37. The Kier molecular flexibility index (Phi) is 3.92. The van der Waals surface area contributed by atoms with Gasteiger partial charge in [-0.25, -0.2) is 9.97 Å². The Morgan fingerprint density at radius 3 is 3.05 bits per heavy atom. The summed E-state index contributed by atoms with van der Waals surface area (Å²) in [5.41, 5.74) is 2.18. The highest BCUT2D eigenvalue weighted by atomic mass is 32.1. The lowest BCUT2D eigenvalue weighted by Gasteiger charge is -2.31. The molecule has 1 aliphatic heterocycles. The smallest absolute Gasteiger partial charge is 0.123 e. The molecule has 0 radical (unpaired) electrons. The molecule has 4 rings (SSSR count). The van der Waals surface area contributed by atoms with Gasteiger partial charge < -0.3 is 4.74 Å². The summed E-state index contributed by atoms with van der Waals surface area (Å²) < 4.78 is 7.16. The highest BCUT2D eigenvalue weighted by molar-refractivity contribution is 7.18. The van der Waals surface area contributed by atoms with Gasteiger partial charge in [-0.05, 0) is 19.1 Å². The van der Waals surface area contributed by atoms with Crippen LogP contribution in [0, 0.1) is 6.92 Å². The fourth-order valence-electron chi connectivity index (χ4n) is 2.69. The molecule has 0 aliphatic carbocycles. The van der Waals surface area contributed by atoms with Gasteiger partial charge in [-0.3, -0.25) is 4.90 Å². The Balaban J connectivity index is 1.48. The standard InChI is InChI=1S/C16H17N3OS2/c1-11-10-21-16(17-11)13-8-19(6-7-20-13)9-15-18-12-4-2-3-5-14(12)22-15/h2-5,10,13H,6-9H2,1H3/t13-/m1/s1. The molecule has 1 saturated heterocycles. The highest BCUT2D eigenvalue weighted by Crippen LogP contribution is 2.27. The molecule has 3 aromatic rings. The van der Waals surface area contributed by atoms with Crippen LogP contribution in [-0.4, -0.2) is 34.6 Å². The molecule has 1 atom stereocenters. The van der Waals surface area contributed by atoms with Gasteiger partial charge in [0.2, 0.25) is 0 Å². The Morgan fingerprint density at radius 2 is 2.23 bits per heavy atom. The first-order valence-electron chi connectivity index (χ1n) is 7.38. The van der Waals surface area contributed by atoms with Crippen molar-refractivity contribution in [2.24, 2.45) is 0 Å². The molecule has 0 spiro atoms. The first-order chi connectivity index (χ1) is 10.8. The van der Waals surface area contributed by atoms with E-state index in [0.717, 1.165) is 42.5 Å². The van der Waals surface area contributed by atoms with E-state index in [1.54, 1.807) is 22.7 Å². The molecular formula is C16H17N3OS2. The number of ether oxygens (including phenoxy) is 1. The molecule has 0 saturated carbocycles. The summed E-state index contributed by atoms with van der Waals surface area (Å²) in [5, 5.41) is 4.36. The van der Waals surface area contributed by atoms with E-state index in [1.165, 1.54) is 9.71 Å². The van der Waals surface area contributed by atoms with Gasteiger partial charge in [-0.2, -0.15) is 0 Å². The summed E-state index contributed by atoms with van der Waals surface area (Å²) in [4.78, 5) is 11.7. The van der Waals surface area contributed by atoms with Gasteiger partial charge in [0.1, 0.15) is 16.1 Å². The molecule has 0 unspecified atom stereocenters. The number of hydrogen-bond donors (Lipinski definition) is 0. The van der Waals surface area contributed by atoms with Crippen LogP contribution in [0.25, 0.3) is 10.2 Å². The Labute approximate surface area is 137 Å². The van der Waals surface area contributed by atoms with Crippen molar-refractivity contribution in [2.75, 3.05) is 19.7 Å². The minimum absolute atomic E-state index is 0.0989. The molecule has 0 amide bonds. The van der Waals surface area contributed by atoms with Crippen molar-refractivity contribution in [2.45, 2.75) is 19.6 Å². The van der Waals surface area contributed by atoms with Crippen LogP contribution in [-0.2, 0) is 11.3 Å². The van der Waals surface area contributed by atoms with Crippen LogP contribution < -0.4 is 0 Å². The molecule has 1 aromatic carbocycles. The second-order valence-electron chi connectivity index (χ2n) is 5.50. The summed E-state index contributed by atoms with van der Waals surface area (Å²) in [5.74, 6) is 0. The second-order valence-corrected chi connectivity index (χ2v) is 7.50. The predicted molar refractivity (Wildman–Crippen MR) is 90.4 cm³/mol. The first-order valence-corrected chi connectivity index (χ1v) is 9.08. The quantitative estimate of drug-likeness (QED) is 0.734. The van der Waals surface area contributed by atoms with Crippen molar-refractivity contribution in [3.63, 3.8) is 0 Å². The summed E-state index contributed by atoms with van der Waals surface area (Å²) in [6.07, 6.45) is 0.0989. The Bertz CT molecular complexity index is 749. The second kappa shape index (κ2) is 6.04. The summed E-state index contributed by atoms with van der Waals surface area (Å²) in [7, 11) is 0. The largest absolute Gasteiger partial charge is 0.368 e. The molecule has 2 aromatic heterocycles. The highest BCUT2D eigenvalue weighted by Gasteiger charge is 2.24. The van der Waals surface area contributed by atoms with Gasteiger partial charge in [-0.1, -0.05) is 12.1 Å². The third-order valence-electron chi connectivity index (χ3n) is 3.76. The van der Waals surface area contributed by atoms with Crippen molar-refractivity contribution in [3.05, 3.63) is 45.4 Å². The van der Waals surface area contributed by atoms with Crippen LogP contribution in [0.4, 0.5) is 0 Å². The van der Waals surface area contributed by atoms with Crippen molar-refractivity contribution in [1.82, 2.24) is 14.9 Å². The van der Waals surface area contributed by atoms with Gasteiger partial charge in [-0.15, -0.1) is 22.7 Å². The number of rotatable bonds is 3. The topological polar surface area (TPSA) is 38.2 Å². The number of aromatic nitrogens is 2. The zero-order chi connectivity index (χ0) is 14.9. The molecule has 1 aliphatic rings. The average Bonchev–Trinajstić information content (AvgIpc) is 3.13. The van der Waals surface area contributed by atoms with E-state index in [2.05, 4.69) is 33.5 Å². The lowest BCUT2D eigenvalue weighted by atomic mass is 10.3. The zero-order valence-electron chi connectivity index (χ0n) is 12.4. The van der Waals surface area contributed by atoms with Gasteiger partial charge in [0.25, 0.3) is 0 Å². The van der Waals surface area contributed by atoms with E-state index >= 15 is 0 Å². The van der Waals surface area contributed by atoms with E-state index in [4.69, 9.17) is 9.72 Å². The SMILES string of the molecule is Cc1csc([C@H]2CN(Cc3nc4ccccc4s3)CCO2)n1. The molecular weight excluding hydrogens is 314 g/mol. The third-order valence-corrected chi connectivity index (χ3v) is 5.84. The Hall–Kier alpha value is -1.34. The summed E-state index contributed by atoms with van der Waals surface area (Å²) in [6.45, 7) is 5.53. The van der Waals surface area contributed by atoms with Gasteiger partial charge in [0, 0.05) is 24.2 Å². The van der Waals surface area contributed by atoms with Crippen molar-refractivity contribution in [3.8, 4) is 0 Å². The van der Waals surface area contributed by atoms with Crippen LogP contribution in [0.2, 0.25) is 0 Å². The van der Waals surface area contributed by atoms with Crippen LogP contribution in [0.3, 0.4) is 0 Å². The van der Waals surface area contributed by atoms with Gasteiger partial charge in [0.15, 0.2) is 0 Å². The normalized spacial score (nSPS) is 19.8. The van der Waals surface area contributed by atoms with Crippen molar-refractivity contribution >= 4 is 32.9 Å². The minimum atomic E-state index is 0.0989. The van der Waals surface area contributed by atoms with E-state index in [1.807, 2.05) is 13.0 Å². The van der Waals surface area contributed by atoms with Crippen molar-refractivity contribution in [1.29, 1.82) is 0 Å². The maximum atomic E-state index is 5.89. The van der Waals surface area contributed by atoms with Crippen LogP contribution in [0.5, 0.6) is 0 Å². The minimum Gasteiger partial charge on any atom is -0.368 e. The number of morpholine rings is 1. The van der Waals surface area contributed by atoms with E-state index < -0.39 is 0 Å². The third kappa shape index (κ3) is 2.92. The maximum absolute atomic E-state index is 5.89. The molecule has 6 heteroatoms. The van der Waals surface area contributed by atoms with Gasteiger partial charge in [0.05, 0.1) is 23.4 Å². The summed E-state index contributed by atoms with van der Waals surface area (Å²) in [6, 6.07) is 8.33. The monoisotopic (exact) mass is 331 g/mol. The fourth-order valence-corrected chi connectivity index (χ4v) is 4.54. The Morgan fingerprint density at radius 1 is 1.32 bits per heavy atom. The average molecular weight is 331 g/mol. The zero-order valence-corrected chi connectivity index (χ0v) is 14.0. The van der Waals surface area contributed by atoms with E-state index in [9.17, 15) is 0 Å². The van der Waals surface area contributed by atoms with E-state index in [-0.39, 0.29) is 6.10 Å². The van der Waals surface area contributed by atoms with Crippen LogP contribution >= 0.6 is 22.7 Å². The van der Waals surface area contributed by atoms with Gasteiger partial charge >= 0.3 is 0 Å². The van der Waals surface area contributed by atoms with Crippen molar-refractivity contribution < 1.29 is 4.74 Å². The number of benzene rings is 1. The molecule has 114 valence electrons. The molecule has 0 N–H and O–H groups in total. The number of thiazole rings is 2. The molecule has 3 heterocycles. The number of fused-ring (bicyclic) bond motifs is 1. The molecule has 22 heavy (non-hydrogen) atoms. The number of hydrogen-bond acceptors (Lipinski definition) is 6. The number of para-hydroxylation sites is 1.